The number of rotatable bonds is 2. The predicted octanol–water partition coefficient (Wildman–Crippen LogP) is 0.996. The summed E-state index contributed by atoms with van der Waals surface area (Å²) in [5.74, 6) is 0. The van der Waals surface area contributed by atoms with Crippen LogP contribution in [0.15, 0.2) is 20.6 Å². The summed E-state index contributed by atoms with van der Waals surface area (Å²) in [7, 11) is 0. The fourth-order valence-corrected chi connectivity index (χ4v) is 0.289. The topological polar surface area (TPSA) is 162 Å². The molecule has 0 rings (SSSR count). The number of nitrogens with zero attached hydrogens (tertiary/aromatic N) is 4. The standard InChI is InChI=1S/2C4H8N2O2.CH3.Co.H2O/c2*1-3(5-7)4(2)6-8;;;/h2*7-8H,1-2H3;1H3;;1H2/q;;-1;;. The van der Waals surface area contributed by atoms with Crippen LogP contribution in [0, 0.1) is 7.43 Å². The zero-order valence-electron chi connectivity index (χ0n) is 11.4. The van der Waals surface area contributed by atoms with Crippen molar-refractivity contribution in [3.8, 4) is 0 Å². The van der Waals surface area contributed by atoms with Crippen LogP contribution in [-0.2, 0) is 16.8 Å². The zero-order valence-corrected chi connectivity index (χ0v) is 12.5. The third-order valence-corrected chi connectivity index (χ3v) is 1.65. The molecule has 0 bridgehead atoms. The fourth-order valence-electron chi connectivity index (χ4n) is 0.289. The Hall–Kier alpha value is -1.65. The van der Waals surface area contributed by atoms with Gasteiger partial charge in [0.25, 0.3) is 0 Å². The Bertz CT molecular complexity index is 265. The summed E-state index contributed by atoms with van der Waals surface area (Å²) < 4.78 is 0. The molecule has 0 heterocycles. The molecule has 0 aromatic heterocycles. The van der Waals surface area contributed by atoms with Crippen molar-refractivity contribution in [2.24, 2.45) is 20.6 Å². The summed E-state index contributed by atoms with van der Waals surface area (Å²) in [6.45, 7) is 6.15. The van der Waals surface area contributed by atoms with Crippen LogP contribution in [0.3, 0.4) is 0 Å². The van der Waals surface area contributed by atoms with Crippen molar-refractivity contribution >= 4 is 22.8 Å². The van der Waals surface area contributed by atoms with Crippen LogP contribution >= 0.6 is 0 Å². The van der Waals surface area contributed by atoms with E-state index >= 15 is 0 Å². The first kappa shape index (κ1) is 30.4. The predicted molar refractivity (Wildman–Crippen MR) is 69.6 cm³/mol. The van der Waals surface area contributed by atoms with E-state index in [1.165, 1.54) is 27.7 Å². The average Bonchev–Trinajstić information content (AvgIpc) is 2.35. The first-order valence-electron chi connectivity index (χ1n) is 4.19. The molecule has 117 valence electrons. The van der Waals surface area contributed by atoms with E-state index in [1.807, 2.05) is 0 Å². The van der Waals surface area contributed by atoms with Crippen LogP contribution in [-0.4, -0.2) is 49.2 Å². The normalized spacial score (nSPS) is 12.0. The fraction of sp³-hybridized carbons (Fsp3) is 0.444. The van der Waals surface area contributed by atoms with Gasteiger partial charge in [0.15, 0.2) is 0 Å². The van der Waals surface area contributed by atoms with Gasteiger partial charge in [0.05, 0.1) is 0 Å². The summed E-state index contributed by atoms with van der Waals surface area (Å²) in [6, 6.07) is 0. The first-order chi connectivity index (χ1) is 7.44. The first-order valence-corrected chi connectivity index (χ1v) is 4.19. The van der Waals surface area contributed by atoms with Crippen molar-refractivity contribution in [1.29, 1.82) is 0 Å². The molecule has 10 heteroatoms. The molecule has 1 radical (unpaired) electrons. The van der Waals surface area contributed by atoms with Gasteiger partial charge < -0.3 is 33.7 Å². The molecule has 0 saturated heterocycles. The van der Waals surface area contributed by atoms with Crippen LogP contribution in [0.5, 0.6) is 0 Å². The van der Waals surface area contributed by atoms with Gasteiger partial charge in [-0.05, 0) is 27.7 Å². The number of oxime groups is 4. The third-order valence-electron chi connectivity index (χ3n) is 1.65. The van der Waals surface area contributed by atoms with E-state index < -0.39 is 0 Å². The molecule has 0 aliphatic carbocycles. The Morgan fingerprint density at radius 3 is 0.737 bits per heavy atom. The van der Waals surface area contributed by atoms with Crippen LogP contribution in [0.1, 0.15) is 27.7 Å². The van der Waals surface area contributed by atoms with Gasteiger partial charge in [-0.15, -0.1) is 0 Å². The zero-order chi connectivity index (χ0) is 13.1. The molecule has 0 aromatic carbocycles. The van der Waals surface area contributed by atoms with Crippen molar-refractivity contribution in [2.45, 2.75) is 27.7 Å². The van der Waals surface area contributed by atoms with Gasteiger partial charge in [0.2, 0.25) is 0 Å². The number of hydrogen-bond acceptors (Lipinski definition) is 8. The molecular weight excluding hydrogens is 303 g/mol. The summed E-state index contributed by atoms with van der Waals surface area (Å²) in [5, 5.41) is 43.3. The maximum atomic E-state index is 8.03. The van der Waals surface area contributed by atoms with Gasteiger partial charge >= 0.3 is 0 Å². The van der Waals surface area contributed by atoms with Gasteiger partial charge in [-0.3, -0.25) is 0 Å². The molecule has 0 unspecified atom stereocenters. The minimum Gasteiger partial charge on any atom is -0.412 e. The van der Waals surface area contributed by atoms with Crippen LogP contribution in [0.2, 0.25) is 0 Å². The Labute approximate surface area is 122 Å². The van der Waals surface area contributed by atoms with E-state index in [0.29, 0.717) is 22.8 Å². The summed E-state index contributed by atoms with van der Waals surface area (Å²) in [5.41, 5.74) is 1.25. The average molecular weight is 324 g/mol. The van der Waals surface area contributed by atoms with Crippen molar-refractivity contribution < 1.29 is 43.1 Å². The van der Waals surface area contributed by atoms with E-state index in [2.05, 4.69) is 20.6 Å². The van der Waals surface area contributed by atoms with Gasteiger partial charge in [0.1, 0.15) is 22.8 Å². The minimum absolute atomic E-state index is 0. The molecule has 0 aromatic rings. The van der Waals surface area contributed by atoms with Crippen molar-refractivity contribution in [2.75, 3.05) is 0 Å². The van der Waals surface area contributed by atoms with E-state index in [4.69, 9.17) is 20.8 Å². The van der Waals surface area contributed by atoms with Crippen LogP contribution < -0.4 is 0 Å². The van der Waals surface area contributed by atoms with Gasteiger partial charge in [0, 0.05) is 16.8 Å². The van der Waals surface area contributed by atoms with Crippen LogP contribution in [0.25, 0.3) is 0 Å². The van der Waals surface area contributed by atoms with Crippen molar-refractivity contribution in [3.05, 3.63) is 7.43 Å². The smallest absolute Gasteiger partial charge is 0.101 e. The molecule has 19 heavy (non-hydrogen) atoms. The monoisotopic (exact) mass is 324 g/mol. The molecule has 0 aliphatic rings. The second-order valence-corrected chi connectivity index (χ2v) is 2.74. The van der Waals surface area contributed by atoms with E-state index in [-0.39, 0.29) is 29.7 Å². The van der Waals surface area contributed by atoms with Gasteiger partial charge in [-0.1, -0.05) is 20.6 Å². The van der Waals surface area contributed by atoms with Gasteiger partial charge in [-0.25, -0.2) is 0 Å². The minimum atomic E-state index is 0. The second kappa shape index (κ2) is 18.7. The Kier molecular flexibility index (Phi) is 29.9. The van der Waals surface area contributed by atoms with Crippen molar-refractivity contribution in [1.82, 2.24) is 0 Å². The van der Waals surface area contributed by atoms with Gasteiger partial charge in [-0.2, -0.15) is 0 Å². The maximum absolute atomic E-state index is 8.03. The molecule has 0 saturated carbocycles. The Morgan fingerprint density at radius 2 is 0.684 bits per heavy atom. The molecule has 9 nitrogen and oxygen atoms in total. The molecular formula is C9H21CoN4O5-. The Balaban J connectivity index is -0.0000000594. The largest absolute Gasteiger partial charge is 0.412 e. The summed E-state index contributed by atoms with van der Waals surface area (Å²) >= 11 is 0. The van der Waals surface area contributed by atoms with E-state index in [9.17, 15) is 0 Å². The molecule has 0 amide bonds. The SMILES string of the molecule is CC(=NO)C(C)=NO.CC(=NO)C(C)=NO.O.[CH3-].[Co]. The number of hydrogen-bond donors (Lipinski definition) is 4. The maximum Gasteiger partial charge on any atom is 0.101 e. The molecule has 0 aliphatic heterocycles. The molecule has 0 atom stereocenters. The summed E-state index contributed by atoms with van der Waals surface area (Å²) in [4.78, 5) is 0. The quantitative estimate of drug-likeness (QED) is 0.258. The summed E-state index contributed by atoms with van der Waals surface area (Å²) in [6.07, 6.45) is 0. The molecule has 6 N–H and O–H groups in total. The third kappa shape index (κ3) is 16.3. The van der Waals surface area contributed by atoms with E-state index in [1.54, 1.807) is 0 Å². The molecule has 0 fully saturated rings. The molecule has 0 spiro atoms. The Morgan fingerprint density at radius 1 is 0.579 bits per heavy atom. The second-order valence-electron chi connectivity index (χ2n) is 2.74. The van der Waals surface area contributed by atoms with Crippen LogP contribution in [0.4, 0.5) is 0 Å². The van der Waals surface area contributed by atoms with Crippen molar-refractivity contribution in [3.63, 3.8) is 0 Å². The van der Waals surface area contributed by atoms with E-state index in [0.717, 1.165) is 0 Å².